The Labute approximate surface area is 225 Å². The zero-order valence-electron chi connectivity index (χ0n) is 21.3. The molecule has 9 nitrogen and oxygen atoms in total. The molecule has 0 aliphatic carbocycles. The summed E-state index contributed by atoms with van der Waals surface area (Å²) in [5.74, 6) is 2.53. The number of fused-ring (bicyclic) bond motifs is 1. The number of rotatable bonds is 11. The minimum Gasteiger partial charge on any atom is -0.503 e. The van der Waals surface area contributed by atoms with E-state index in [0.29, 0.717) is 59.8 Å². The van der Waals surface area contributed by atoms with E-state index in [1.54, 1.807) is 48.6 Å². The van der Waals surface area contributed by atoms with Crippen molar-refractivity contribution in [3.63, 3.8) is 0 Å². The van der Waals surface area contributed by atoms with Crippen LogP contribution in [-0.2, 0) is 24.2 Å². The first-order valence-corrected chi connectivity index (χ1v) is 12.3. The third-order valence-electron chi connectivity index (χ3n) is 6.07. The predicted octanol–water partition coefficient (Wildman–Crippen LogP) is 5.61. The molecule has 194 valence electrons. The molecule has 0 radical (unpaired) electrons. The number of hydrogen-bond donors (Lipinski definition) is 0. The Morgan fingerprint density at radius 3 is 2.28 bits per heavy atom. The van der Waals surface area contributed by atoms with Crippen molar-refractivity contribution in [3.8, 4) is 23.0 Å². The van der Waals surface area contributed by atoms with Crippen LogP contribution in [0.1, 0.15) is 11.1 Å². The Balaban J connectivity index is 1.25. The molecule has 2 aromatic heterocycles. The van der Waals surface area contributed by atoms with Gasteiger partial charge in [0.2, 0.25) is 5.69 Å². The first kappa shape index (κ1) is 25.4. The standard InChI is InChI=1S/C30H25N5O4/c1-31-28-19-26-27(20-30(28)38-16-15-35-14-13-33-34-35)32-12-11-29(26)39-25-9-5-22(6-10-25)18-23(36)17-21-3-7-24(37-2)8-4-21/h3-14,19-20H,15-18H2,2H3. The molecule has 5 aromatic rings. The molecule has 0 aliphatic heterocycles. The van der Waals surface area contributed by atoms with Crippen molar-refractivity contribution in [1.82, 2.24) is 20.0 Å². The van der Waals surface area contributed by atoms with Crippen LogP contribution < -0.4 is 14.2 Å². The van der Waals surface area contributed by atoms with E-state index in [4.69, 9.17) is 20.8 Å². The maximum absolute atomic E-state index is 12.6. The highest BCUT2D eigenvalue weighted by Crippen LogP contribution is 2.37. The molecule has 0 saturated carbocycles. The van der Waals surface area contributed by atoms with E-state index in [9.17, 15) is 4.79 Å². The molecule has 0 saturated heterocycles. The van der Waals surface area contributed by atoms with Gasteiger partial charge in [-0.2, -0.15) is 0 Å². The van der Waals surface area contributed by atoms with Crippen LogP contribution in [-0.4, -0.2) is 39.5 Å². The number of benzene rings is 3. The number of methoxy groups -OCH3 is 1. The zero-order chi connectivity index (χ0) is 27.0. The van der Waals surface area contributed by atoms with E-state index >= 15 is 0 Å². The predicted molar refractivity (Wildman–Crippen MR) is 145 cm³/mol. The average Bonchev–Trinajstić information content (AvgIpc) is 3.48. The van der Waals surface area contributed by atoms with Crippen LogP contribution in [0.4, 0.5) is 5.69 Å². The summed E-state index contributed by atoms with van der Waals surface area (Å²) < 4.78 is 18.8. The molecular formula is C30H25N5O4. The molecule has 0 N–H and O–H groups in total. The number of nitrogens with zero attached hydrogens (tertiary/aromatic N) is 5. The lowest BCUT2D eigenvalue weighted by Gasteiger charge is -2.12. The molecule has 39 heavy (non-hydrogen) atoms. The van der Waals surface area contributed by atoms with Gasteiger partial charge < -0.3 is 14.2 Å². The number of pyridine rings is 1. The summed E-state index contributed by atoms with van der Waals surface area (Å²) in [6.45, 7) is 8.46. The number of ether oxygens (including phenoxy) is 3. The van der Waals surface area contributed by atoms with Crippen LogP contribution in [0.3, 0.4) is 0 Å². The molecule has 0 atom stereocenters. The van der Waals surface area contributed by atoms with Crippen molar-refractivity contribution in [2.75, 3.05) is 13.7 Å². The normalized spacial score (nSPS) is 10.7. The summed E-state index contributed by atoms with van der Waals surface area (Å²) in [7, 11) is 1.62. The van der Waals surface area contributed by atoms with Crippen LogP contribution in [0.2, 0.25) is 0 Å². The SMILES string of the molecule is [C-]#[N+]c1cc2c(Oc3ccc(CC(=O)Cc4ccc(OC)cc4)cc3)ccnc2cc1OCCn1ccnn1. The summed E-state index contributed by atoms with van der Waals surface area (Å²) in [5, 5.41) is 8.38. The van der Waals surface area contributed by atoms with E-state index in [1.807, 2.05) is 48.5 Å². The fourth-order valence-electron chi connectivity index (χ4n) is 4.09. The van der Waals surface area contributed by atoms with Crippen molar-refractivity contribution < 1.29 is 19.0 Å². The Bertz CT molecular complexity index is 1610. The van der Waals surface area contributed by atoms with Crippen LogP contribution >= 0.6 is 0 Å². The van der Waals surface area contributed by atoms with Gasteiger partial charge in [0.1, 0.15) is 35.4 Å². The summed E-state index contributed by atoms with van der Waals surface area (Å²) >= 11 is 0. The van der Waals surface area contributed by atoms with Crippen LogP contribution in [0.15, 0.2) is 85.3 Å². The Hall–Kier alpha value is -5.23. The van der Waals surface area contributed by atoms with E-state index < -0.39 is 0 Å². The van der Waals surface area contributed by atoms with Gasteiger partial charge in [0.05, 0.1) is 31.9 Å². The molecule has 0 bridgehead atoms. The Morgan fingerprint density at radius 2 is 1.64 bits per heavy atom. The van der Waals surface area contributed by atoms with Crippen molar-refractivity contribution in [2.45, 2.75) is 19.4 Å². The second-order valence-electron chi connectivity index (χ2n) is 8.76. The van der Waals surface area contributed by atoms with E-state index in [2.05, 4.69) is 20.1 Å². The highest BCUT2D eigenvalue weighted by Gasteiger charge is 2.12. The van der Waals surface area contributed by atoms with Gasteiger partial charge in [0.15, 0.2) is 0 Å². The van der Waals surface area contributed by atoms with Crippen LogP contribution in [0.25, 0.3) is 15.7 Å². The minimum atomic E-state index is 0.125. The monoisotopic (exact) mass is 519 g/mol. The molecule has 3 aromatic carbocycles. The fourth-order valence-corrected chi connectivity index (χ4v) is 4.09. The lowest BCUT2D eigenvalue weighted by atomic mass is 10.0. The summed E-state index contributed by atoms with van der Waals surface area (Å²) in [6, 6.07) is 20.2. The quantitative estimate of drug-likeness (QED) is 0.209. The van der Waals surface area contributed by atoms with Crippen molar-refractivity contribution in [3.05, 3.63) is 108 Å². The largest absolute Gasteiger partial charge is 0.503 e. The first-order valence-electron chi connectivity index (χ1n) is 12.3. The number of carbonyl (C=O) groups is 1. The summed E-state index contributed by atoms with van der Waals surface area (Å²) in [6.07, 6.45) is 5.70. The van der Waals surface area contributed by atoms with Crippen molar-refractivity contribution in [2.24, 2.45) is 0 Å². The van der Waals surface area contributed by atoms with Crippen LogP contribution in [0, 0.1) is 6.57 Å². The number of hydrogen-bond acceptors (Lipinski definition) is 7. The van der Waals surface area contributed by atoms with Gasteiger partial charge in [0, 0.05) is 30.6 Å². The zero-order valence-corrected chi connectivity index (χ0v) is 21.3. The van der Waals surface area contributed by atoms with E-state index in [-0.39, 0.29) is 5.78 Å². The third kappa shape index (κ3) is 6.37. The molecule has 2 heterocycles. The van der Waals surface area contributed by atoms with Gasteiger partial charge in [0.25, 0.3) is 0 Å². The van der Waals surface area contributed by atoms with Crippen molar-refractivity contribution in [1.29, 1.82) is 0 Å². The lowest BCUT2D eigenvalue weighted by molar-refractivity contribution is -0.117. The lowest BCUT2D eigenvalue weighted by Crippen LogP contribution is -2.08. The van der Waals surface area contributed by atoms with Crippen molar-refractivity contribution >= 4 is 22.4 Å². The Kier molecular flexibility index (Phi) is 7.74. The molecule has 9 heteroatoms. The van der Waals surface area contributed by atoms with Crippen LogP contribution in [0.5, 0.6) is 23.0 Å². The highest BCUT2D eigenvalue weighted by atomic mass is 16.5. The second kappa shape index (κ2) is 11.9. The first-order chi connectivity index (χ1) is 19.1. The molecule has 0 amide bonds. The van der Waals surface area contributed by atoms with Gasteiger partial charge in [-0.3, -0.25) is 9.78 Å². The highest BCUT2D eigenvalue weighted by molar-refractivity contribution is 5.91. The summed E-state index contributed by atoms with van der Waals surface area (Å²) in [5.41, 5.74) is 2.87. The minimum absolute atomic E-state index is 0.125. The Morgan fingerprint density at radius 1 is 0.923 bits per heavy atom. The second-order valence-corrected chi connectivity index (χ2v) is 8.76. The average molecular weight is 520 g/mol. The topological polar surface area (TPSA) is 92.7 Å². The molecule has 5 rings (SSSR count). The fraction of sp³-hybridized carbons (Fsp3) is 0.167. The number of aromatic nitrogens is 4. The maximum Gasteiger partial charge on any atom is 0.229 e. The van der Waals surface area contributed by atoms with E-state index in [1.165, 1.54) is 0 Å². The number of ketones is 1. The molecule has 0 spiro atoms. The number of carbonyl (C=O) groups excluding carboxylic acids is 1. The van der Waals surface area contributed by atoms with Gasteiger partial charge in [-0.15, -0.1) is 5.10 Å². The summed E-state index contributed by atoms with van der Waals surface area (Å²) in [4.78, 5) is 20.6. The molecule has 0 fully saturated rings. The smallest absolute Gasteiger partial charge is 0.229 e. The molecule has 0 unspecified atom stereocenters. The van der Waals surface area contributed by atoms with Gasteiger partial charge >= 0.3 is 0 Å². The number of Topliss-reactive ketones (excluding diaryl/α,β-unsaturated/α-hetero) is 1. The van der Waals surface area contributed by atoms with Gasteiger partial charge in [-0.25, -0.2) is 9.53 Å². The van der Waals surface area contributed by atoms with Gasteiger partial charge in [-0.05, 0) is 53.6 Å². The molecule has 0 aliphatic rings. The third-order valence-corrected chi connectivity index (χ3v) is 6.07. The molecular weight excluding hydrogens is 494 g/mol. The van der Waals surface area contributed by atoms with E-state index in [0.717, 1.165) is 16.9 Å². The maximum atomic E-state index is 12.6. The van der Waals surface area contributed by atoms with Gasteiger partial charge in [-0.1, -0.05) is 29.5 Å².